The monoisotopic (exact) mass is 412 g/mol. The van der Waals surface area contributed by atoms with Crippen LogP contribution in [0.3, 0.4) is 0 Å². The van der Waals surface area contributed by atoms with E-state index in [0.717, 1.165) is 19.3 Å². The fraction of sp³-hybridized carbons (Fsp3) is 0.739. The highest BCUT2D eigenvalue weighted by atomic mass is 32.2. The van der Waals surface area contributed by atoms with Crippen molar-refractivity contribution in [3.05, 3.63) is 35.9 Å². The topological polar surface area (TPSA) is 74.6 Å². The summed E-state index contributed by atoms with van der Waals surface area (Å²) >= 11 is 0. The van der Waals surface area contributed by atoms with Crippen molar-refractivity contribution in [2.45, 2.75) is 108 Å². The van der Waals surface area contributed by atoms with Crippen LogP contribution in [0.15, 0.2) is 30.3 Å². The van der Waals surface area contributed by atoms with Gasteiger partial charge >= 0.3 is 0 Å². The smallest absolute Gasteiger partial charge is 0.270 e. The zero-order valence-electron chi connectivity index (χ0n) is 17.7. The third kappa shape index (κ3) is 11.2. The molecule has 1 aromatic carbocycles. The Morgan fingerprint density at radius 1 is 0.750 bits per heavy atom. The fourth-order valence-corrected chi connectivity index (χ4v) is 4.13. The van der Waals surface area contributed by atoms with Gasteiger partial charge in [0.2, 0.25) is 0 Å². The molecule has 0 aliphatic rings. The Balaban J connectivity index is 1.89. The van der Waals surface area contributed by atoms with Gasteiger partial charge in [-0.15, -0.1) is 0 Å². The quantitative estimate of drug-likeness (QED) is 0.254. The number of benzene rings is 1. The first-order valence-electron chi connectivity index (χ1n) is 11.0. The molecule has 5 heteroatoms. The normalized spacial score (nSPS) is 15.3. The largest absolute Gasteiger partial charge is 0.392 e. The van der Waals surface area contributed by atoms with E-state index in [1.165, 1.54) is 63.9 Å². The van der Waals surface area contributed by atoms with Crippen LogP contribution in [0.2, 0.25) is 0 Å². The molecule has 0 amide bonds. The average molecular weight is 413 g/mol. The molecule has 3 atom stereocenters. The summed E-state index contributed by atoms with van der Waals surface area (Å²) in [6.07, 6.45) is 12.7. The van der Waals surface area contributed by atoms with Crippen LogP contribution < -0.4 is 0 Å². The molecule has 4 nitrogen and oxygen atoms in total. The minimum absolute atomic E-state index is 0.433. The molecule has 2 N–H and O–H groups in total. The summed E-state index contributed by atoms with van der Waals surface area (Å²) in [7, 11) is -4.14. The zero-order valence-corrected chi connectivity index (χ0v) is 18.5. The summed E-state index contributed by atoms with van der Waals surface area (Å²) in [5, 5.41) is 8.66. The van der Waals surface area contributed by atoms with Crippen LogP contribution in [0, 0.1) is 0 Å². The number of unbranched alkanes of at least 4 members (excludes halogenated alkanes) is 9. The van der Waals surface area contributed by atoms with Crippen molar-refractivity contribution in [1.29, 1.82) is 0 Å². The Kier molecular flexibility index (Phi) is 12.7. The maximum absolute atomic E-state index is 11.0. The molecule has 0 aromatic heterocycles. The predicted molar refractivity (Wildman–Crippen MR) is 117 cm³/mol. The highest BCUT2D eigenvalue weighted by molar-refractivity contribution is 7.86. The van der Waals surface area contributed by atoms with Crippen LogP contribution in [0.4, 0.5) is 0 Å². The van der Waals surface area contributed by atoms with Crippen molar-refractivity contribution < 1.29 is 18.1 Å². The Labute approximate surface area is 172 Å². The molecule has 0 spiro atoms. The van der Waals surface area contributed by atoms with Crippen molar-refractivity contribution in [2.75, 3.05) is 0 Å². The van der Waals surface area contributed by atoms with E-state index < -0.39 is 21.5 Å². The summed E-state index contributed by atoms with van der Waals surface area (Å²) in [5.41, 5.74) is 1.45. The summed E-state index contributed by atoms with van der Waals surface area (Å²) < 4.78 is 30.9. The number of hydrogen-bond donors (Lipinski definition) is 2. The second kappa shape index (κ2) is 14.1. The standard InChI is InChI=1S/C23H40O4S/c1-20(22-17-13-11-14-18-22)16-12-9-7-5-3-4-6-8-10-15-19-23(24)21(2)28(25,26)27/h11,13-14,17-18,20-21,23-24H,3-10,12,15-16,19H2,1-2H3,(H,25,26,27). The van der Waals surface area contributed by atoms with Gasteiger partial charge in [-0.05, 0) is 31.2 Å². The van der Waals surface area contributed by atoms with Crippen LogP contribution in [-0.2, 0) is 10.1 Å². The molecule has 0 bridgehead atoms. The van der Waals surface area contributed by atoms with Crippen molar-refractivity contribution >= 4 is 10.1 Å². The molecule has 3 unspecified atom stereocenters. The first kappa shape index (κ1) is 25.1. The highest BCUT2D eigenvalue weighted by Gasteiger charge is 2.25. The number of hydrogen-bond acceptors (Lipinski definition) is 3. The van der Waals surface area contributed by atoms with Crippen LogP contribution in [0.5, 0.6) is 0 Å². The van der Waals surface area contributed by atoms with Crippen LogP contribution in [0.1, 0.15) is 102 Å². The molecule has 162 valence electrons. The first-order valence-corrected chi connectivity index (χ1v) is 12.5. The molecular weight excluding hydrogens is 372 g/mol. The van der Waals surface area contributed by atoms with E-state index in [4.69, 9.17) is 4.55 Å². The third-order valence-electron chi connectivity index (χ3n) is 5.77. The first-order chi connectivity index (χ1) is 13.3. The Morgan fingerprint density at radius 3 is 1.64 bits per heavy atom. The van der Waals surface area contributed by atoms with E-state index in [1.54, 1.807) is 0 Å². The molecule has 0 fully saturated rings. The summed E-state index contributed by atoms with van der Waals surface area (Å²) in [6, 6.07) is 10.8. The van der Waals surface area contributed by atoms with Crippen molar-refractivity contribution in [3.8, 4) is 0 Å². The summed E-state index contributed by atoms with van der Waals surface area (Å²) in [4.78, 5) is 0. The van der Waals surface area contributed by atoms with Crippen LogP contribution >= 0.6 is 0 Å². The third-order valence-corrected chi connectivity index (χ3v) is 7.02. The van der Waals surface area contributed by atoms with Gasteiger partial charge in [0, 0.05) is 0 Å². The number of rotatable bonds is 16. The molecule has 1 aromatic rings. The lowest BCUT2D eigenvalue weighted by molar-refractivity contribution is 0.155. The van der Waals surface area contributed by atoms with E-state index in [0.29, 0.717) is 12.3 Å². The second-order valence-electron chi connectivity index (χ2n) is 8.21. The maximum Gasteiger partial charge on any atom is 0.270 e. The number of aliphatic hydroxyl groups excluding tert-OH is 1. The molecular formula is C23H40O4S. The molecule has 0 saturated carbocycles. The molecule has 1 rings (SSSR count). The van der Waals surface area contributed by atoms with E-state index in [9.17, 15) is 13.5 Å². The van der Waals surface area contributed by atoms with Gasteiger partial charge in [0.05, 0.1) is 6.10 Å². The highest BCUT2D eigenvalue weighted by Crippen LogP contribution is 2.22. The van der Waals surface area contributed by atoms with Crippen LogP contribution in [0.25, 0.3) is 0 Å². The van der Waals surface area contributed by atoms with E-state index in [1.807, 2.05) is 0 Å². The Hall–Kier alpha value is -0.910. The van der Waals surface area contributed by atoms with Crippen molar-refractivity contribution in [3.63, 3.8) is 0 Å². The van der Waals surface area contributed by atoms with E-state index >= 15 is 0 Å². The van der Waals surface area contributed by atoms with Crippen molar-refractivity contribution in [1.82, 2.24) is 0 Å². The molecule has 0 radical (unpaired) electrons. The lowest BCUT2D eigenvalue weighted by atomic mass is 9.95. The Morgan fingerprint density at radius 2 is 1.18 bits per heavy atom. The SMILES string of the molecule is CC(CCCCCCCCCCCCC(O)C(C)S(=O)(=O)O)c1ccccc1. The number of aliphatic hydroxyl groups is 1. The van der Waals surface area contributed by atoms with Gasteiger partial charge in [0.15, 0.2) is 0 Å². The summed E-state index contributed by atoms with van der Waals surface area (Å²) in [5.74, 6) is 0.653. The van der Waals surface area contributed by atoms with Gasteiger partial charge in [-0.2, -0.15) is 8.42 Å². The zero-order chi connectivity index (χ0) is 20.8. The molecule has 0 heterocycles. The van der Waals surface area contributed by atoms with Crippen molar-refractivity contribution in [2.24, 2.45) is 0 Å². The fourth-order valence-electron chi connectivity index (χ4n) is 3.60. The summed E-state index contributed by atoms with van der Waals surface area (Å²) in [6.45, 7) is 3.67. The van der Waals surface area contributed by atoms with Crippen LogP contribution in [-0.4, -0.2) is 29.4 Å². The molecule has 0 aliphatic carbocycles. The second-order valence-corrected chi connectivity index (χ2v) is 9.99. The molecule has 0 aliphatic heterocycles. The minimum atomic E-state index is -4.14. The maximum atomic E-state index is 11.0. The van der Waals surface area contributed by atoms with E-state index in [2.05, 4.69) is 37.3 Å². The van der Waals surface area contributed by atoms with Gasteiger partial charge in [-0.25, -0.2) is 0 Å². The van der Waals surface area contributed by atoms with Gasteiger partial charge < -0.3 is 5.11 Å². The predicted octanol–water partition coefficient (Wildman–Crippen LogP) is 6.11. The lowest BCUT2D eigenvalue weighted by Gasteiger charge is -2.15. The average Bonchev–Trinajstić information content (AvgIpc) is 2.67. The molecule has 0 saturated heterocycles. The van der Waals surface area contributed by atoms with Gasteiger partial charge in [-0.1, -0.05) is 101 Å². The van der Waals surface area contributed by atoms with Gasteiger partial charge in [-0.3, -0.25) is 4.55 Å². The lowest BCUT2D eigenvalue weighted by Crippen LogP contribution is -2.30. The minimum Gasteiger partial charge on any atom is -0.392 e. The molecule has 28 heavy (non-hydrogen) atoms. The van der Waals surface area contributed by atoms with Gasteiger partial charge in [0.25, 0.3) is 10.1 Å². The van der Waals surface area contributed by atoms with E-state index in [-0.39, 0.29) is 0 Å². The van der Waals surface area contributed by atoms with Gasteiger partial charge in [0.1, 0.15) is 5.25 Å². The Bertz CT molecular complexity index is 600.